The van der Waals surface area contributed by atoms with Crippen LogP contribution in [0.4, 0.5) is 10.9 Å². The number of aromatic nitrogens is 4. The number of pyridine rings is 1. The van der Waals surface area contributed by atoms with E-state index in [1.807, 2.05) is 39.6 Å². The Labute approximate surface area is 236 Å². The third-order valence-corrected chi connectivity index (χ3v) is 8.21. The van der Waals surface area contributed by atoms with Crippen LogP contribution in [-0.2, 0) is 25.8 Å². The number of nitrogens with two attached hydrogens (primary N) is 2. The first kappa shape index (κ1) is 27.4. The van der Waals surface area contributed by atoms with Crippen molar-refractivity contribution < 1.29 is 28.9 Å². The molecule has 7 N–H and O–H groups in total. The van der Waals surface area contributed by atoms with E-state index in [1.54, 1.807) is 0 Å². The highest BCUT2D eigenvalue weighted by Gasteiger charge is 2.54. The molecule has 5 heterocycles. The van der Waals surface area contributed by atoms with Crippen molar-refractivity contribution in [1.82, 2.24) is 24.0 Å². The van der Waals surface area contributed by atoms with E-state index in [0.717, 1.165) is 36.0 Å². The first-order valence-electron chi connectivity index (χ1n) is 12.2. The molecule has 0 radical (unpaired) electrons. The fourth-order valence-electron chi connectivity index (χ4n) is 4.55. The number of oxime groups is 1. The maximum atomic E-state index is 13.1. The van der Waals surface area contributed by atoms with Crippen LogP contribution in [0.1, 0.15) is 12.2 Å². The average molecular weight is 588 g/mol. The lowest BCUT2D eigenvalue weighted by Gasteiger charge is -2.49. The van der Waals surface area contributed by atoms with Gasteiger partial charge in [0, 0.05) is 41.5 Å². The Kier molecular flexibility index (Phi) is 7.85. The molecule has 0 aliphatic carbocycles. The van der Waals surface area contributed by atoms with E-state index in [4.69, 9.17) is 16.3 Å². The van der Waals surface area contributed by atoms with Gasteiger partial charge in [-0.3, -0.25) is 14.5 Å². The molecule has 2 aliphatic heterocycles. The number of nitrogens with one attached hydrogen (secondary N) is 2. The van der Waals surface area contributed by atoms with E-state index in [1.165, 1.54) is 23.8 Å². The van der Waals surface area contributed by atoms with Crippen LogP contribution in [0.2, 0.25) is 0 Å². The van der Waals surface area contributed by atoms with Crippen LogP contribution in [0, 0.1) is 0 Å². The Hall–Kier alpha value is -4.22. The van der Waals surface area contributed by atoms with E-state index in [-0.39, 0.29) is 28.9 Å². The van der Waals surface area contributed by atoms with Gasteiger partial charge in [-0.15, -0.1) is 11.8 Å². The summed E-state index contributed by atoms with van der Waals surface area (Å²) in [5.41, 5.74) is 12.3. The number of imidazole rings is 1. The van der Waals surface area contributed by atoms with Gasteiger partial charge in [0.05, 0.1) is 0 Å². The highest BCUT2D eigenvalue weighted by Crippen LogP contribution is 2.40. The molecule has 40 heavy (non-hydrogen) atoms. The summed E-state index contributed by atoms with van der Waals surface area (Å²) in [6.07, 6.45) is 4.58. The Morgan fingerprint density at radius 2 is 2.20 bits per heavy atom. The van der Waals surface area contributed by atoms with E-state index >= 15 is 0 Å². The second kappa shape index (κ2) is 11.5. The van der Waals surface area contributed by atoms with Crippen molar-refractivity contribution in [1.29, 1.82) is 0 Å². The molecule has 2 atom stereocenters. The first-order valence-corrected chi connectivity index (χ1v) is 14.0. The molecule has 1 saturated heterocycles. The lowest BCUT2D eigenvalue weighted by molar-refractivity contribution is -0.662. The number of carboxylic acid groups (broad SMARTS) is 1. The molecule has 1 fully saturated rings. The number of amides is 2. The summed E-state index contributed by atoms with van der Waals surface area (Å²) in [6, 6.07) is 4.83. The molecule has 0 unspecified atom stereocenters. The molecule has 210 valence electrons. The number of aliphatic carboxylic acids is 1. The Bertz CT molecular complexity index is 1530. The number of carboxylic acids is 1. The van der Waals surface area contributed by atoms with Gasteiger partial charge in [-0.2, -0.15) is 13.8 Å². The fraction of sp³-hybridized carbons (Fsp3) is 0.348. The van der Waals surface area contributed by atoms with Gasteiger partial charge in [0.15, 0.2) is 10.9 Å². The lowest BCUT2D eigenvalue weighted by Crippen LogP contribution is -2.71. The number of carbonyl (C=O) groups excluding carboxylic acids is 2. The molecule has 3 aromatic rings. The Morgan fingerprint density at radius 1 is 1.38 bits per heavy atom. The van der Waals surface area contributed by atoms with Crippen molar-refractivity contribution >= 4 is 63.4 Å². The highest BCUT2D eigenvalue weighted by molar-refractivity contribution is 8.00. The van der Waals surface area contributed by atoms with Gasteiger partial charge in [0.2, 0.25) is 11.5 Å². The number of hydrogen-bond acceptors (Lipinski definition) is 12. The molecule has 3 aromatic heterocycles. The number of anilines is 2. The molecule has 5 rings (SSSR count). The Morgan fingerprint density at radius 3 is 2.90 bits per heavy atom. The summed E-state index contributed by atoms with van der Waals surface area (Å²) < 4.78 is 7.87. The van der Waals surface area contributed by atoms with Crippen molar-refractivity contribution in [3.8, 4) is 0 Å². The summed E-state index contributed by atoms with van der Waals surface area (Å²) >= 11 is 2.25. The van der Waals surface area contributed by atoms with Gasteiger partial charge in [-0.05, 0) is 19.0 Å². The Balaban J connectivity index is 1.35. The highest BCUT2D eigenvalue weighted by atomic mass is 32.2. The molecule has 15 nitrogen and oxygen atoms in total. The smallest absolute Gasteiger partial charge is 0.352 e. The summed E-state index contributed by atoms with van der Waals surface area (Å²) in [5.74, 6) is -1.29. The molecule has 2 aliphatic rings. The third-order valence-electron chi connectivity index (χ3n) is 6.33. The van der Waals surface area contributed by atoms with Crippen LogP contribution in [0.5, 0.6) is 0 Å². The zero-order valence-electron chi connectivity index (χ0n) is 21.3. The van der Waals surface area contributed by atoms with Crippen LogP contribution < -0.4 is 26.7 Å². The van der Waals surface area contributed by atoms with Crippen molar-refractivity contribution in [2.24, 2.45) is 10.9 Å². The second-order valence-corrected chi connectivity index (χ2v) is 10.7. The van der Waals surface area contributed by atoms with E-state index in [9.17, 15) is 19.5 Å². The molecule has 17 heteroatoms. The number of β-lactam (4-membered cyclic amide) rings is 1. The zero-order chi connectivity index (χ0) is 28.4. The zero-order valence-corrected chi connectivity index (χ0v) is 22.9. The third kappa shape index (κ3) is 5.05. The first-order chi connectivity index (χ1) is 19.3. The lowest BCUT2D eigenvalue weighted by atomic mass is 10.0. The van der Waals surface area contributed by atoms with Crippen molar-refractivity contribution in [2.45, 2.75) is 24.4 Å². The van der Waals surface area contributed by atoms with Crippen molar-refractivity contribution in [2.75, 3.05) is 37.0 Å². The summed E-state index contributed by atoms with van der Waals surface area (Å²) in [4.78, 5) is 48.3. The standard InChI is InChI=1S/C23H26N10O5S2/c1-38-29-15(18-28-23(25)40-30-18)19(34)27-16-20(35)33-17(22(36)37)12(11-39-21(16)33)10-31-8-9-32-13(26-7-3-6-24)4-2-5-14(31)32/h2,4-5,8-9,16,21H,3,6-7,10-11,24H2,1H3,(H4,25,27,28,30,34,36,37)/p+1/b29-15-/t16-,21-/m1/s1. The summed E-state index contributed by atoms with van der Waals surface area (Å²) in [7, 11) is 1.26. The largest absolute Gasteiger partial charge is 0.477 e. The van der Waals surface area contributed by atoms with Gasteiger partial charge in [-0.1, -0.05) is 5.16 Å². The van der Waals surface area contributed by atoms with Crippen LogP contribution in [0.3, 0.4) is 0 Å². The van der Waals surface area contributed by atoms with Gasteiger partial charge < -0.3 is 32.0 Å². The van der Waals surface area contributed by atoms with E-state index in [2.05, 4.69) is 25.1 Å². The minimum absolute atomic E-state index is 0.0373. The number of hydrogen-bond donors (Lipinski definition) is 5. The van der Waals surface area contributed by atoms with Crippen molar-refractivity contribution in [3.63, 3.8) is 0 Å². The number of carbonyl (C=O) groups is 3. The normalized spacial score (nSPS) is 18.9. The monoisotopic (exact) mass is 587 g/mol. The topological polar surface area (TPSA) is 206 Å². The average Bonchev–Trinajstić information content (AvgIpc) is 3.56. The molecule has 2 amide bonds. The number of thioether (sulfide) groups is 1. The van der Waals surface area contributed by atoms with Gasteiger partial charge in [-0.25, -0.2) is 9.36 Å². The second-order valence-electron chi connectivity index (χ2n) is 8.83. The minimum atomic E-state index is -1.21. The SMILES string of the molecule is CO/N=C(\C(=O)N[C@@H]1C(=O)N2C(C(=O)O)=C(C[n+]3ccn4c(NCCCN)cccc43)CS[C@H]12)c1nsc(N)n1. The number of fused-ring (bicyclic) bond motifs is 2. The van der Waals surface area contributed by atoms with Crippen LogP contribution >= 0.6 is 23.3 Å². The van der Waals surface area contributed by atoms with Crippen LogP contribution in [0.15, 0.2) is 47.0 Å². The number of nitrogens with zero attached hydrogens (tertiary/aromatic N) is 6. The minimum Gasteiger partial charge on any atom is -0.477 e. The predicted molar refractivity (Wildman–Crippen MR) is 147 cm³/mol. The van der Waals surface area contributed by atoms with Gasteiger partial charge >= 0.3 is 5.97 Å². The molecular weight excluding hydrogens is 560 g/mol. The van der Waals surface area contributed by atoms with Crippen molar-refractivity contribution in [3.05, 3.63) is 47.7 Å². The predicted octanol–water partition coefficient (Wildman–Crippen LogP) is -0.789. The molecular formula is C23H27N10O5S2+. The summed E-state index contributed by atoms with van der Waals surface area (Å²) in [6.45, 7) is 1.58. The van der Waals surface area contributed by atoms with Crippen LogP contribution in [-0.4, -0.2) is 84.6 Å². The quantitative estimate of drug-likeness (QED) is 0.0618. The molecule has 0 aromatic carbocycles. The molecule has 0 spiro atoms. The molecule has 0 saturated carbocycles. The van der Waals surface area contributed by atoms with Gasteiger partial charge in [0.1, 0.15) is 43.2 Å². The van der Waals surface area contributed by atoms with E-state index < -0.39 is 29.2 Å². The fourth-order valence-corrected chi connectivity index (χ4v) is 6.32. The summed E-state index contributed by atoms with van der Waals surface area (Å²) in [5, 5.41) is 19.3. The van der Waals surface area contributed by atoms with E-state index in [0.29, 0.717) is 17.9 Å². The molecule has 0 bridgehead atoms. The number of nitrogen functional groups attached to an aromatic ring is 1. The van der Waals surface area contributed by atoms with Gasteiger partial charge in [0.25, 0.3) is 17.5 Å². The maximum Gasteiger partial charge on any atom is 0.352 e. The number of rotatable bonds is 11. The van der Waals surface area contributed by atoms with Crippen LogP contribution in [0.25, 0.3) is 5.65 Å². The maximum absolute atomic E-state index is 13.1.